The Labute approximate surface area is 138 Å². The third-order valence-corrected chi connectivity index (χ3v) is 3.77. The average molecular weight is 325 g/mol. The number of rotatable bonds is 4. The summed E-state index contributed by atoms with van der Waals surface area (Å²) < 4.78 is 5.44. The largest absolute Gasteiger partial charge is 0.496 e. The fourth-order valence-electron chi connectivity index (χ4n) is 2.39. The summed E-state index contributed by atoms with van der Waals surface area (Å²) in [6, 6.07) is 15.4. The minimum atomic E-state index is 0.340. The van der Waals surface area contributed by atoms with Gasteiger partial charge in [-0.15, -0.1) is 5.10 Å². The first-order chi connectivity index (χ1) is 11.2. The lowest BCUT2D eigenvalue weighted by Gasteiger charge is -2.10. The summed E-state index contributed by atoms with van der Waals surface area (Å²) in [5, 5.41) is 20.1. The van der Waals surface area contributed by atoms with Gasteiger partial charge in [-0.05, 0) is 41.5 Å². The lowest BCUT2D eigenvalue weighted by molar-refractivity contribution is 0.410. The highest BCUT2D eigenvalue weighted by molar-refractivity contribution is 6.30. The van der Waals surface area contributed by atoms with E-state index in [0.29, 0.717) is 22.8 Å². The van der Waals surface area contributed by atoms with E-state index in [4.69, 9.17) is 21.6 Å². The number of hydrogen-bond donors (Lipinski definition) is 1. The maximum absolute atomic E-state index is 9.10. The van der Waals surface area contributed by atoms with E-state index in [1.807, 2.05) is 42.5 Å². The topological polar surface area (TPSA) is 74.6 Å². The second-order valence-electron chi connectivity index (χ2n) is 4.98. The lowest BCUT2D eigenvalue weighted by atomic mass is 10.00. The monoisotopic (exact) mass is 324 g/mol. The van der Waals surface area contributed by atoms with Gasteiger partial charge in [0.25, 0.3) is 0 Å². The van der Waals surface area contributed by atoms with Gasteiger partial charge in [0.05, 0.1) is 7.11 Å². The zero-order valence-corrected chi connectivity index (χ0v) is 13.1. The van der Waals surface area contributed by atoms with E-state index in [9.17, 15) is 0 Å². The summed E-state index contributed by atoms with van der Waals surface area (Å²) in [5.74, 6) is 0.783. The van der Waals surface area contributed by atoms with Gasteiger partial charge in [-0.25, -0.2) is 5.10 Å². The number of hydrogen-bond acceptors (Lipinski definition) is 4. The molecule has 0 unspecified atom stereocenters. The van der Waals surface area contributed by atoms with Crippen molar-refractivity contribution in [2.45, 2.75) is 6.42 Å². The molecule has 114 valence electrons. The van der Waals surface area contributed by atoms with Crippen LogP contribution >= 0.6 is 11.6 Å². The number of aromatic amines is 1. The Morgan fingerprint density at radius 2 is 2.00 bits per heavy atom. The van der Waals surface area contributed by atoms with E-state index in [1.54, 1.807) is 7.11 Å². The van der Waals surface area contributed by atoms with Gasteiger partial charge in [0.15, 0.2) is 5.69 Å². The number of ether oxygens (including phenoxy) is 1. The van der Waals surface area contributed by atoms with Crippen molar-refractivity contribution < 1.29 is 4.74 Å². The molecule has 0 saturated carbocycles. The van der Waals surface area contributed by atoms with E-state index in [2.05, 4.69) is 21.5 Å². The molecule has 0 radical (unpaired) electrons. The summed E-state index contributed by atoms with van der Waals surface area (Å²) in [7, 11) is 1.64. The number of methoxy groups -OCH3 is 1. The number of nitrogens with zero attached hydrogens (tertiary/aromatic N) is 3. The van der Waals surface area contributed by atoms with Crippen LogP contribution in [0, 0.1) is 11.3 Å². The molecule has 0 aliphatic carbocycles. The smallest absolute Gasteiger partial charge is 0.163 e. The molecule has 1 heterocycles. The Bertz CT molecular complexity index is 865. The minimum absolute atomic E-state index is 0.340. The predicted octanol–water partition coefficient (Wildman–Crippen LogP) is 3.60. The van der Waals surface area contributed by atoms with Gasteiger partial charge in [0, 0.05) is 17.0 Å². The minimum Gasteiger partial charge on any atom is -0.496 e. The summed E-state index contributed by atoms with van der Waals surface area (Å²) >= 11 is 5.93. The van der Waals surface area contributed by atoms with Crippen molar-refractivity contribution in [2.75, 3.05) is 7.11 Å². The number of nitrogens with one attached hydrogen (secondary N) is 1. The van der Waals surface area contributed by atoms with Gasteiger partial charge in [-0.2, -0.15) is 5.26 Å². The van der Waals surface area contributed by atoms with Gasteiger partial charge in [0.2, 0.25) is 0 Å². The molecule has 6 heteroatoms. The zero-order valence-electron chi connectivity index (χ0n) is 12.4. The first kappa shape index (κ1) is 15.1. The Morgan fingerprint density at radius 3 is 2.70 bits per heavy atom. The van der Waals surface area contributed by atoms with Crippen molar-refractivity contribution in [1.82, 2.24) is 15.4 Å². The molecule has 3 aromatic rings. The number of aromatic nitrogens is 3. The average Bonchev–Trinajstić information content (AvgIpc) is 3.05. The van der Waals surface area contributed by atoms with Crippen LogP contribution in [0.15, 0.2) is 42.5 Å². The highest BCUT2D eigenvalue weighted by atomic mass is 35.5. The summed E-state index contributed by atoms with van der Waals surface area (Å²) in [5.41, 5.74) is 3.81. The van der Waals surface area contributed by atoms with Crippen molar-refractivity contribution in [3.05, 3.63) is 64.3 Å². The fraction of sp³-hybridized carbons (Fsp3) is 0.118. The number of nitriles is 1. The van der Waals surface area contributed by atoms with Gasteiger partial charge in [-0.3, -0.25) is 0 Å². The van der Waals surface area contributed by atoms with E-state index < -0.39 is 0 Å². The molecule has 0 atom stereocenters. The molecule has 2 aromatic carbocycles. The molecule has 3 rings (SSSR count). The van der Waals surface area contributed by atoms with Crippen LogP contribution in [0.3, 0.4) is 0 Å². The quantitative estimate of drug-likeness (QED) is 0.795. The third-order valence-electron chi connectivity index (χ3n) is 3.52. The zero-order chi connectivity index (χ0) is 16.2. The molecule has 0 aliphatic heterocycles. The maximum Gasteiger partial charge on any atom is 0.163 e. The Morgan fingerprint density at radius 1 is 1.22 bits per heavy atom. The van der Waals surface area contributed by atoms with Crippen molar-refractivity contribution >= 4 is 11.6 Å². The molecule has 1 N–H and O–H groups in total. The molecule has 23 heavy (non-hydrogen) atoms. The summed E-state index contributed by atoms with van der Waals surface area (Å²) in [6.07, 6.45) is 0.688. The van der Waals surface area contributed by atoms with E-state index in [-0.39, 0.29) is 0 Å². The van der Waals surface area contributed by atoms with E-state index in [0.717, 1.165) is 22.4 Å². The second-order valence-corrected chi connectivity index (χ2v) is 5.41. The van der Waals surface area contributed by atoms with Crippen LogP contribution in [0.1, 0.15) is 16.8 Å². The van der Waals surface area contributed by atoms with Crippen LogP contribution < -0.4 is 4.74 Å². The van der Waals surface area contributed by atoms with Gasteiger partial charge < -0.3 is 4.74 Å². The predicted molar refractivity (Wildman–Crippen MR) is 87.3 cm³/mol. The van der Waals surface area contributed by atoms with Gasteiger partial charge in [-0.1, -0.05) is 28.9 Å². The molecule has 0 bridgehead atoms. The van der Waals surface area contributed by atoms with Gasteiger partial charge in [0.1, 0.15) is 17.5 Å². The Hall–Kier alpha value is -2.84. The third kappa shape index (κ3) is 3.17. The SMILES string of the molecule is COc1ccc(-c2nn[nH]c2C#N)cc1Cc1ccc(Cl)cc1. The highest BCUT2D eigenvalue weighted by Gasteiger charge is 2.12. The van der Waals surface area contributed by atoms with Crippen LogP contribution in [-0.2, 0) is 6.42 Å². The molecule has 0 fully saturated rings. The standard InChI is InChI=1S/C17H13ClN4O/c1-23-16-7-4-12(17-15(10-19)20-22-21-17)9-13(16)8-11-2-5-14(18)6-3-11/h2-7,9H,8H2,1H3,(H,20,21,22). The van der Waals surface area contributed by atoms with Crippen molar-refractivity contribution in [3.63, 3.8) is 0 Å². The van der Waals surface area contributed by atoms with Gasteiger partial charge >= 0.3 is 0 Å². The van der Waals surface area contributed by atoms with Crippen LogP contribution in [0.5, 0.6) is 5.75 Å². The first-order valence-corrected chi connectivity index (χ1v) is 7.32. The van der Waals surface area contributed by atoms with Crippen LogP contribution in [0.2, 0.25) is 5.02 Å². The number of halogens is 1. The van der Waals surface area contributed by atoms with Crippen molar-refractivity contribution in [3.8, 4) is 23.1 Å². The molecule has 0 aliphatic rings. The summed E-state index contributed by atoms with van der Waals surface area (Å²) in [4.78, 5) is 0. The van der Waals surface area contributed by atoms with E-state index >= 15 is 0 Å². The van der Waals surface area contributed by atoms with Crippen molar-refractivity contribution in [1.29, 1.82) is 5.26 Å². The molecular weight excluding hydrogens is 312 g/mol. The molecule has 0 amide bonds. The Balaban J connectivity index is 2.00. The molecular formula is C17H13ClN4O. The van der Waals surface area contributed by atoms with E-state index in [1.165, 1.54) is 0 Å². The molecule has 0 saturated heterocycles. The Kier molecular flexibility index (Phi) is 4.26. The van der Waals surface area contributed by atoms with Crippen LogP contribution in [-0.4, -0.2) is 22.5 Å². The molecule has 1 aromatic heterocycles. The molecule has 5 nitrogen and oxygen atoms in total. The normalized spacial score (nSPS) is 10.3. The first-order valence-electron chi connectivity index (χ1n) is 6.94. The summed E-state index contributed by atoms with van der Waals surface area (Å²) in [6.45, 7) is 0. The molecule has 0 spiro atoms. The van der Waals surface area contributed by atoms with Crippen LogP contribution in [0.4, 0.5) is 0 Å². The second kappa shape index (κ2) is 6.51. The maximum atomic E-state index is 9.10. The highest BCUT2D eigenvalue weighted by Crippen LogP contribution is 2.28. The van der Waals surface area contributed by atoms with Crippen LogP contribution in [0.25, 0.3) is 11.3 Å². The number of benzene rings is 2. The lowest BCUT2D eigenvalue weighted by Crippen LogP contribution is -1.95. The van der Waals surface area contributed by atoms with Crippen molar-refractivity contribution in [2.24, 2.45) is 0 Å². The fourth-order valence-corrected chi connectivity index (χ4v) is 2.52. The number of H-pyrrole nitrogens is 1.